The van der Waals surface area contributed by atoms with Crippen LogP contribution in [0.4, 0.5) is 0 Å². The van der Waals surface area contributed by atoms with E-state index in [1.165, 1.54) is 0 Å². The van der Waals surface area contributed by atoms with Gasteiger partial charge in [0.05, 0.1) is 18.3 Å². The second kappa shape index (κ2) is 5.50. The van der Waals surface area contributed by atoms with E-state index in [0.717, 1.165) is 5.56 Å². The van der Waals surface area contributed by atoms with Crippen LogP contribution in [-0.4, -0.2) is 17.3 Å². The normalized spacial score (nSPS) is 16.4. The van der Waals surface area contributed by atoms with Crippen molar-refractivity contribution in [2.75, 3.05) is 0 Å². The summed E-state index contributed by atoms with van der Waals surface area (Å²) in [5.74, 6) is 0. The van der Waals surface area contributed by atoms with Crippen molar-refractivity contribution in [3.8, 4) is 6.07 Å². The Morgan fingerprint density at radius 1 is 1.27 bits per heavy atom. The van der Waals surface area contributed by atoms with E-state index in [1.807, 2.05) is 30.3 Å². The third-order valence-corrected chi connectivity index (χ3v) is 2.25. The fraction of sp³-hybridized carbons (Fsp3) is 0.417. The molecule has 0 radical (unpaired) electrons. The van der Waals surface area contributed by atoms with Crippen molar-refractivity contribution in [2.45, 2.75) is 32.2 Å². The molecule has 1 aromatic rings. The highest BCUT2D eigenvalue weighted by Gasteiger charge is 2.17. The zero-order valence-corrected chi connectivity index (χ0v) is 8.92. The summed E-state index contributed by atoms with van der Waals surface area (Å²) in [5, 5.41) is 18.2. The number of ether oxygens (including phenoxy) is 1. The molecular weight excluding hydrogens is 190 g/mol. The molecular formula is C12H15NO2. The van der Waals surface area contributed by atoms with Crippen LogP contribution in [0, 0.1) is 11.3 Å². The first-order chi connectivity index (χ1) is 7.15. The minimum absolute atomic E-state index is 0.352. The van der Waals surface area contributed by atoms with E-state index in [1.54, 1.807) is 13.8 Å². The van der Waals surface area contributed by atoms with E-state index in [4.69, 9.17) is 10.00 Å². The van der Waals surface area contributed by atoms with Crippen molar-refractivity contribution in [2.24, 2.45) is 0 Å². The smallest absolute Gasteiger partial charge is 0.169 e. The molecule has 0 fully saturated rings. The van der Waals surface area contributed by atoms with Gasteiger partial charge in [-0.05, 0) is 19.4 Å². The number of nitrogens with zero attached hydrogens (tertiary/aromatic N) is 1. The van der Waals surface area contributed by atoms with Gasteiger partial charge in [0.25, 0.3) is 0 Å². The van der Waals surface area contributed by atoms with Gasteiger partial charge in [0.1, 0.15) is 0 Å². The van der Waals surface area contributed by atoms with Gasteiger partial charge in [-0.3, -0.25) is 0 Å². The van der Waals surface area contributed by atoms with Gasteiger partial charge in [-0.25, -0.2) is 0 Å². The van der Waals surface area contributed by atoms with Gasteiger partial charge in [0.2, 0.25) is 0 Å². The van der Waals surface area contributed by atoms with Crippen molar-refractivity contribution < 1.29 is 9.84 Å². The van der Waals surface area contributed by atoms with E-state index in [0.29, 0.717) is 0 Å². The summed E-state index contributed by atoms with van der Waals surface area (Å²) in [6.45, 7) is 3.39. The van der Waals surface area contributed by atoms with Gasteiger partial charge in [0.15, 0.2) is 6.10 Å². The van der Waals surface area contributed by atoms with Gasteiger partial charge in [-0.2, -0.15) is 5.26 Å². The quantitative estimate of drug-likeness (QED) is 0.818. The lowest BCUT2D eigenvalue weighted by Gasteiger charge is -2.19. The van der Waals surface area contributed by atoms with Gasteiger partial charge in [0, 0.05) is 0 Å². The van der Waals surface area contributed by atoms with Crippen molar-refractivity contribution in [1.82, 2.24) is 0 Å². The molecule has 3 nitrogen and oxygen atoms in total. The molecule has 0 aliphatic rings. The Morgan fingerprint density at radius 3 is 2.33 bits per heavy atom. The van der Waals surface area contributed by atoms with Crippen LogP contribution >= 0.6 is 0 Å². The van der Waals surface area contributed by atoms with Crippen LogP contribution in [0.2, 0.25) is 0 Å². The van der Waals surface area contributed by atoms with Crippen molar-refractivity contribution in [3.63, 3.8) is 0 Å². The lowest BCUT2D eigenvalue weighted by Crippen LogP contribution is -2.24. The summed E-state index contributed by atoms with van der Waals surface area (Å²) >= 11 is 0. The Bertz CT molecular complexity index is 329. The SMILES string of the molecule is C[C@@H](O)[C@@H](C)O[C@@H](C#N)c1ccccc1. The van der Waals surface area contributed by atoms with E-state index in [2.05, 4.69) is 6.07 Å². The Balaban J connectivity index is 2.70. The highest BCUT2D eigenvalue weighted by atomic mass is 16.5. The molecule has 1 N–H and O–H groups in total. The summed E-state index contributed by atoms with van der Waals surface area (Å²) < 4.78 is 5.44. The molecule has 1 aromatic carbocycles. The summed E-state index contributed by atoms with van der Waals surface area (Å²) in [6.07, 6.45) is -1.55. The monoisotopic (exact) mass is 205 g/mol. The molecule has 1 rings (SSSR count). The van der Waals surface area contributed by atoms with Crippen LogP contribution in [0.3, 0.4) is 0 Å². The molecule has 0 heterocycles. The van der Waals surface area contributed by atoms with E-state index in [-0.39, 0.29) is 6.10 Å². The van der Waals surface area contributed by atoms with E-state index < -0.39 is 12.2 Å². The van der Waals surface area contributed by atoms with Crippen molar-refractivity contribution >= 4 is 0 Å². The summed E-state index contributed by atoms with van der Waals surface area (Å²) in [7, 11) is 0. The first-order valence-electron chi connectivity index (χ1n) is 4.93. The molecule has 0 amide bonds. The molecule has 0 aliphatic carbocycles. The second-order valence-electron chi connectivity index (χ2n) is 3.50. The summed E-state index contributed by atoms with van der Waals surface area (Å²) in [5.41, 5.74) is 0.813. The Morgan fingerprint density at radius 2 is 1.87 bits per heavy atom. The predicted octanol–water partition coefficient (Wildman–Crippen LogP) is 2.04. The first-order valence-corrected chi connectivity index (χ1v) is 4.93. The van der Waals surface area contributed by atoms with Crippen molar-refractivity contribution in [1.29, 1.82) is 5.26 Å². The van der Waals surface area contributed by atoms with Crippen LogP contribution in [0.5, 0.6) is 0 Å². The fourth-order valence-electron chi connectivity index (χ4n) is 1.14. The number of rotatable bonds is 4. The molecule has 0 bridgehead atoms. The average molecular weight is 205 g/mol. The lowest BCUT2D eigenvalue weighted by atomic mass is 10.1. The molecule has 0 aromatic heterocycles. The summed E-state index contributed by atoms with van der Waals surface area (Å²) in [4.78, 5) is 0. The van der Waals surface area contributed by atoms with Crippen LogP contribution in [0.15, 0.2) is 30.3 Å². The number of hydrogen-bond acceptors (Lipinski definition) is 3. The number of hydrogen-bond donors (Lipinski definition) is 1. The molecule has 3 heteroatoms. The minimum atomic E-state index is -0.615. The largest absolute Gasteiger partial charge is 0.391 e. The molecule has 3 atom stereocenters. The molecule has 0 saturated heterocycles. The molecule has 15 heavy (non-hydrogen) atoms. The molecule has 0 saturated carbocycles. The standard InChI is InChI=1S/C12H15NO2/c1-9(14)10(2)15-12(8-13)11-6-4-3-5-7-11/h3-7,9-10,12,14H,1-2H3/t9-,10-,12+/m1/s1. The number of aliphatic hydroxyl groups excluding tert-OH is 1. The maximum Gasteiger partial charge on any atom is 0.169 e. The third kappa shape index (κ3) is 3.35. The van der Waals surface area contributed by atoms with Crippen LogP contribution < -0.4 is 0 Å². The fourth-order valence-corrected chi connectivity index (χ4v) is 1.14. The van der Waals surface area contributed by atoms with Gasteiger partial charge in [-0.1, -0.05) is 30.3 Å². The summed E-state index contributed by atoms with van der Waals surface area (Å²) in [6, 6.07) is 11.3. The topological polar surface area (TPSA) is 53.2 Å². The molecule has 80 valence electrons. The van der Waals surface area contributed by atoms with E-state index in [9.17, 15) is 5.11 Å². The number of nitriles is 1. The maximum absolute atomic E-state index is 9.28. The zero-order chi connectivity index (χ0) is 11.3. The Kier molecular flexibility index (Phi) is 4.29. The lowest BCUT2D eigenvalue weighted by molar-refractivity contribution is -0.0426. The molecule has 0 aliphatic heterocycles. The van der Waals surface area contributed by atoms with Crippen molar-refractivity contribution in [3.05, 3.63) is 35.9 Å². The van der Waals surface area contributed by atoms with Crippen LogP contribution in [-0.2, 0) is 4.74 Å². The molecule has 0 spiro atoms. The number of aliphatic hydroxyl groups is 1. The van der Waals surface area contributed by atoms with Gasteiger partial charge in [-0.15, -0.1) is 0 Å². The van der Waals surface area contributed by atoms with Crippen LogP contribution in [0.25, 0.3) is 0 Å². The zero-order valence-electron chi connectivity index (χ0n) is 8.92. The highest BCUT2D eigenvalue weighted by Crippen LogP contribution is 2.18. The van der Waals surface area contributed by atoms with Crippen LogP contribution in [0.1, 0.15) is 25.5 Å². The second-order valence-corrected chi connectivity index (χ2v) is 3.50. The van der Waals surface area contributed by atoms with Gasteiger partial charge < -0.3 is 9.84 Å². The molecule has 0 unspecified atom stereocenters. The Hall–Kier alpha value is -1.37. The maximum atomic E-state index is 9.28. The van der Waals surface area contributed by atoms with Gasteiger partial charge >= 0.3 is 0 Å². The Labute approximate surface area is 89.9 Å². The predicted molar refractivity (Wildman–Crippen MR) is 57.0 cm³/mol. The van der Waals surface area contributed by atoms with E-state index >= 15 is 0 Å². The number of benzene rings is 1. The highest BCUT2D eigenvalue weighted by molar-refractivity contribution is 5.22. The minimum Gasteiger partial charge on any atom is -0.391 e. The first kappa shape index (κ1) is 11.7. The third-order valence-electron chi connectivity index (χ3n) is 2.25. The average Bonchev–Trinajstić information content (AvgIpc) is 2.26.